The van der Waals surface area contributed by atoms with E-state index in [1.807, 2.05) is 48.6 Å². The van der Waals surface area contributed by atoms with Gasteiger partial charge in [-0.2, -0.15) is 0 Å². The van der Waals surface area contributed by atoms with Crippen molar-refractivity contribution in [1.29, 1.82) is 0 Å². The van der Waals surface area contributed by atoms with Crippen LogP contribution in [0.5, 0.6) is 0 Å². The van der Waals surface area contributed by atoms with Gasteiger partial charge < -0.3 is 0 Å². The van der Waals surface area contributed by atoms with E-state index in [0.717, 1.165) is 22.5 Å². The number of hydrogen-bond donors (Lipinski definition) is 0. The summed E-state index contributed by atoms with van der Waals surface area (Å²) in [6.07, 6.45) is 11.7. The molecule has 2 nitrogen and oxygen atoms in total. The molecule has 0 radical (unpaired) electrons. The Bertz CT molecular complexity index is 689. The lowest BCUT2D eigenvalue weighted by molar-refractivity contribution is 1.30. The molecule has 0 saturated heterocycles. The van der Waals surface area contributed by atoms with Crippen LogP contribution in [-0.2, 0) is 0 Å². The molecule has 0 N–H and O–H groups in total. The number of pyridine rings is 2. The van der Waals surface area contributed by atoms with Crippen molar-refractivity contribution < 1.29 is 0 Å². The molecule has 22 heavy (non-hydrogen) atoms. The van der Waals surface area contributed by atoms with Gasteiger partial charge in [-0.3, -0.25) is 9.97 Å². The number of nitrogens with zero attached hydrogens (tertiary/aromatic N) is 2. The lowest BCUT2D eigenvalue weighted by Crippen LogP contribution is -1.79. The van der Waals surface area contributed by atoms with E-state index in [0.29, 0.717) is 0 Å². The molecule has 1 aromatic carbocycles. The van der Waals surface area contributed by atoms with Gasteiger partial charge in [0, 0.05) is 12.4 Å². The fraction of sp³-hybridized carbons (Fsp3) is 0. The molecule has 0 aliphatic carbocycles. The minimum atomic E-state index is 0.960. The Morgan fingerprint density at radius 3 is 1.32 bits per heavy atom. The highest BCUT2D eigenvalue weighted by Crippen LogP contribution is 2.11. The van der Waals surface area contributed by atoms with Crippen molar-refractivity contribution in [2.75, 3.05) is 0 Å². The third kappa shape index (κ3) is 4.00. The van der Waals surface area contributed by atoms with E-state index in [2.05, 4.69) is 46.4 Å². The van der Waals surface area contributed by atoms with Gasteiger partial charge in [0.1, 0.15) is 0 Å². The summed E-state index contributed by atoms with van der Waals surface area (Å²) in [5, 5.41) is 0. The Labute approximate surface area is 130 Å². The molecular formula is C20H16N2. The van der Waals surface area contributed by atoms with Gasteiger partial charge in [-0.05, 0) is 47.5 Å². The van der Waals surface area contributed by atoms with Crippen molar-refractivity contribution in [3.05, 3.63) is 95.6 Å². The standard InChI is InChI=1S/C20H16N2/c1-3-15-21-19(5-1)13-11-17-7-9-18(10-8-17)12-14-20-6-2-4-16-22-20/h1-16H. The normalized spacial score (nSPS) is 11.3. The first-order chi connectivity index (χ1) is 10.9. The Hall–Kier alpha value is -3.00. The van der Waals surface area contributed by atoms with E-state index in [4.69, 9.17) is 0 Å². The zero-order valence-electron chi connectivity index (χ0n) is 12.1. The molecule has 2 heterocycles. The summed E-state index contributed by atoms with van der Waals surface area (Å²) in [6, 6.07) is 20.2. The molecule has 0 fully saturated rings. The van der Waals surface area contributed by atoms with E-state index < -0.39 is 0 Å². The number of aromatic nitrogens is 2. The summed E-state index contributed by atoms with van der Waals surface area (Å²) in [6.45, 7) is 0. The molecule has 0 aliphatic heterocycles. The summed E-state index contributed by atoms with van der Waals surface area (Å²) in [7, 11) is 0. The van der Waals surface area contributed by atoms with Crippen LogP contribution in [0, 0.1) is 0 Å². The molecular weight excluding hydrogens is 268 g/mol. The first-order valence-electron chi connectivity index (χ1n) is 7.18. The summed E-state index contributed by atoms with van der Waals surface area (Å²) in [4.78, 5) is 8.54. The van der Waals surface area contributed by atoms with Crippen molar-refractivity contribution in [1.82, 2.24) is 9.97 Å². The smallest absolute Gasteiger partial charge is 0.0629 e. The largest absolute Gasteiger partial charge is 0.257 e. The van der Waals surface area contributed by atoms with Crippen LogP contribution in [0.25, 0.3) is 24.3 Å². The van der Waals surface area contributed by atoms with Gasteiger partial charge in [0.25, 0.3) is 0 Å². The van der Waals surface area contributed by atoms with Crippen molar-refractivity contribution in [3.63, 3.8) is 0 Å². The maximum absolute atomic E-state index is 4.27. The lowest BCUT2D eigenvalue weighted by atomic mass is 10.1. The lowest BCUT2D eigenvalue weighted by Gasteiger charge is -1.97. The van der Waals surface area contributed by atoms with E-state index in [9.17, 15) is 0 Å². The Morgan fingerprint density at radius 1 is 0.500 bits per heavy atom. The van der Waals surface area contributed by atoms with Gasteiger partial charge >= 0.3 is 0 Å². The fourth-order valence-electron chi connectivity index (χ4n) is 2.03. The van der Waals surface area contributed by atoms with Crippen molar-refractivity contribution in [2.45, 2.75) is 0 Å². The van der Waals surface area contributed by atoms with Crippen LogP contribution in [0.3, 0.4) is 0 Å². The SMILES string of the molecule is C(=Cc1ccccn1)c1ccc(C=Cc2ccccn2)cc1. The zero-order chi connectivity index (χ0) is 15.0. The average molecular weight is 284 g/mol. The van der Waals surface area contributed by atoms with Crippen LogP contribution in [0.2, 0.25) is 0 Å². The topological polar surface area (TPSA) is 25.8 Å². The van der Waals surface area contributed by atoms with Crippen LogP contribution in [0.15, 0.2) is 73.1 Å². The second-order valence-corrected chi connectivity index (χ2v) is 4.84. The zero-order valence-corrected chi connectivity index (χ0v) is 12.1. The molecule has 0 atom stereocenters. The molecule has 3 aromatic rings. The van der Waals surface area contributed by atoms with Gasteiger partial charge in [-0.25, -0.2) is 0 Å². The van der Waals surface area contributed by atoms with Crippen molar-refractivity contribution >= 4 is 24.3 Å². The molecule has 0 aliphatic rings. The third-order valence-corrected chi connectivity index (χ3v) is 3.21. The molecule has 0 bridgehead atoms. The molecule has 2 heteroatoms. The van der Waals surface area contributed by atoms with Gasteiger partial charge in [-0.15, -0.1) is 0 Å². The van der Waals surface area contributed by atoms with Crippen molar-refractivity contribution in [2.24, 2.45) is 0 Å². The summed E-state index contributed by atoms with van der Waals surface area (Å²) in [5.41, 5.74) is 4.23. The highest BCUT2D eigenvalue weighted by molar-refractivity contribution is 5.71. The monoisotopic (exact) mass is 284 g/mol. The Kier molecular flexibility index (Phi) is 4.53. The summed E-state index contributed by atoms with van der Waals surface area (Å²) >= 11 is 0. The van der Waals surface area contributed by atoms with Crippen LogP contribution in [0.1, 0.15) is 22.5 Å². The quantitative estimate of drug-likeness (QED) is 0.686. The van der Waals surface area contributed by atoms with Crippen molar-refractivity contribution in [3.8, 4) is 0 Å². The third-order valence-electron chi connectivity index (χ3n) is 3.21. The highest BCUT2D eigenvalue weighted by Gasteiger charge is 1.91. The van der Waals surface area contributed by atoms with Crippen LogP contribution < -0.4 is 0 Å². The van der Waals surface area contributed by atoms with E-state index in [1.165, 1.54) is 0 Å². The van der Waals surface area contributed by atoms with E-state index in [1.54, 1.807) is 12.4 Å². The predicted molar refractivity (Wildman–Crippen MR) is 92.8 cm³/mol. The predicted octanol–water partition coefficient (Wildman–Crippen LogP) is 4.82. The Morgan fingerprint density at radius 2 is 0.955 bits per heavy atom. The first-order valence-corrected chi connectivity index (χ1v) is 7.18. The van der Waals surface area contributed by atoms with Gasteiger partial charge in [0.15, 0.2) is 0 Å². The Balaban J connectivity index is 1.68. The number of rotatable bonds is 4. The molecule has 2 aromatic heterocycles. The first kappa shape index (κ1) is 14.0. The molecule has 0 amide bonds. The summed E-state index contributed by atoms with van der Waals surface area (Å²) in [5.74, 6) is 0. The van der Waals surface area contributed by atoms with Crippen LogP contribution >= 0.6 is 0 Å². The number of benzene rings is 1. The maximum atomic E-state index is 4.27. The second-order valence-electron chi connectivity index (χ2n) is 4.84. The average Bonchev–Trinajstić information content (AvgIpc) is 2.61. The highest BCUT2D eigenvalue weighted by atomic mass is 14.7. The van der Waals surface area contributed by atoms with Crippen LogP contribution in [-0.4, -0.2) is 9.97 Å². The van der Waals surface area contributed by atoms with Gasteiger partial charge in [0.2, 0.25) is 0 Å². The molecule has 0 spiro atoms. The van der Waals surface area contributed by atoms with E-state index >= 15 is 0 Å². The molecule has 0 saturated carbocycles. The summed E-state index contributed by atoms with van der Waals surface area (Å²) < 4.78 is 0. The van der Waals surface area contributed by atoms with Gasteiger partial charge in [-0.1, -0.05) is 48.6 Å². The molecule has 3 rings (SSSR count). The van der Waals surface area contributed by atoms with Crippen LogP contribution in [0.4, 0.5) is 0 Å². The molecule has 106 valence electrons. The minimum Gasteiger partial charge on any atom is -0.257 e. The van der Waals surface area contributed by atoms with E-state index in [-0.39, 0.29) is 0 Å². The number of hydrogen-bond acceptors (Lipinski definition) is 2. The van der Waals surface area contributed by atoms with Gasteiger partial charge in [0.05, 0.1) is 11.4 Å². The maximum Gasteiger partial charge on any atom is 0.0629 e. The minimum absolute atomic E-state index is 0.960. The fourth-order valence-corrected chi connectivity index (χ4v) is 2.03. The molecule has 0 unspecified atom stereocenters. The second kappa shape index (κ2) is 7.14.